The molecule has 0 aliphatic rings. The highest BCUT2D eigenvalue weighted by atomic mass is 19.1. The van der Waals surface area contributed by atoms with Gasteiger partial charge in [-0.15, -0.1) is 0 Å². The lowest BCUT2D eigenvalue weighted by molar-refractivity contribution is 0.0299. The molecule has 0 spiro atoms. The lowest BCUT2D eigenvalue weighted by Crippen LogP contribution is -2.39. The summed E-state index contributed by atoms with van der Waals surface area (Å²) in [5.74, 6) is -0.628. The van der Waals surface area contributed by atoms with Crippen LogP contribution in [0.3, 0.4) is 0 Å². The molecule has 2 aromatic heterocycles. The summed E-state index contributed by atoms with van der Waals surface area (Å²) in [5.41, 5.74) is 0.205. The largest absolute Gasteiger partial charge is 0.489 e. The molecule has 38 heavy (non-hydrogen) atoms. The van der Waals surface area contributed by atoms with Crippen molar-refractivity contribution in [2.45, 2.75) is 52.4 Å². The number of likely N-dealkylation sites (N-methyl/N-ethyl adjacent to an activating group) is 1. The Morgan fingerprint density at radius 2 is 1.97 bits per heavy atom. The number of aromatic nitrogens is 3. The monoisotopic (exact) mass is 530 g/mol. The molecule has 0 aliphatic carbocycles. The molecule has 12 heteroatoms. The lowest BCUT2D eigenvalue weighted by atomic mass is 10.1. The Bertz CT molecular complexity index is 1270. The number of hydrogen-bond acceptors (Lipinski definition) is 8. The highest BCUT2D eigenvalue weighted by Crippen LogP contribution is 2.29. The highest BCUT2D eigenvalue weighted by molar-refractivity contribution is 5.94. The van der Waals surface area contributed by atoms with Gasteiger partial charge in [-0.05, 0) is 58.9 Å². The molecular weight excluding hydrogens is 495 g/mol. The van der Waals surface area contributed by atoms with E-state index in [0.717, 1.165) is 0 Å². The number of amides is 1. The second-order valence-electron chi connectivity index (χ2n) is 10.0. The summed E-state index contributed by atoms with van der Waals surface area (Å²) in [6, 6.07) is 5.55. The number of carbonyl (C=O) groups excluding carboxylic acids is 1. The van der Waals surface area contributed by atoms with Crippen LogP contribution in [-0.2, 0) is 4.74 Å². The molecule has 1 amide bonds. The molecule has 0 saturated carbocycles. The summed E-state index contributed by atoms with van der Waals surface area (Å²) >= 11 is 0. The number of hydrogen-bond donors (Lipinski definition) is 3. The van der Waals surface area contributed by atoms with E-state index < -0.39 is 23.4 Å². The maximum Gasteiger partial charge on any atom is 0.410 e. The topological polar surface area (TPSA) is 130 Å². The van der Waals surface area contributed by atoms with Crippen LogP contribution in [0.1, 0.15) is 56.6 Å². The Morgan fingerprint density at radius 3 is 2.66 bits per heavy atom. The molecule has 1 aromatic carbocycles. The Morgan fingerprint density at radius 1 is 1.24 bits per heavy atom. The third kappa shape index (κ3) is 7.78. The average Bonchev–Trinajstić information content (AvgIpc) is 3.25. The summed E-state index contributed by atoms with van der Waals surface area (Å²) in [6.45, 7) is 10.7. The fourth-order valence-electron chi connectivity index (χ4n) is 3.61. The predicted octanol–water partition coefficient (Wildman–Crippen LogP) is 3.96. The smallest absolute Gasteiger partial charge is 0.410 e. The number of nitrogens with one attached hydrogen (secondary N) is 2. The fraction of sp³-hybridized carbons (Fsp3) is 0.462. The minimum atomic E-state index is -1.13. The number of carboxylic acids is 1. The number of nitrogens with zero attached hydrogens (tertiary/aromatic N) is 4. The van der Waals surface area contributed by atoms with Gasteiger partial charge in [0.1, 0.15) is 34.7 Å². The van der Waals surface area contributed by atoms with Crippen LogP contribution in [0, 0.1) is 5.82 Å². The summed E-state index contributed by atoms with van der Waals surface area (Å²) in [4.78, 5) is 29.3. The van der Waals surface area contributed by atoms with Crippen LogP contribution < -0.4 is 15.4 Å². The van der Waals surface area contributed by atoms with E-state index in [1.807, 2.05) is 34.6 Å². The van der Waals surface area contributed by atoms with Crippen molar-refractivity contribution in [3.8, 4) is 5.75 Å². The second-order valence-corrected chi connectivity index (χ2v) is 10.0. The van der Waals surface area contributed by atoms with Crippen molar-refractivity contribution >= 4 is 23.5 Å². The van der Waals surface area contributed by atoms with E-state index in [0.29, 0.717) is 36.8 Å². The average molecular weight is 531 g/mol. The van der Waals surface area contributed by atoms with Gasteiger partial charge in [-0.3, -0.25) is 0 Å². The summed E-state index contributed by atoms with van der Waals surface area (Å²) in [5, 5.41) is 19.8. The number of fused-ring (bicyclic) bond motifs is 1. The molecule has 0 fully saturated rings. The number of ether oxygens (including phenoxy) is 2. The quantitative estimate of drug-likeness (QED) is 0.315. The first-order valence-electron chi connectivity index (χ1n) is 12.3. The molecule has 3 rings (SSSR count). The van der Waals surface area contributed by atoms with Gasteiger partial charge in [-0.25, -0.2) is 23.5 Å². The Hall–Kier alpha value is -3.93. The first kappa shape index (κ1) is 28.6. The molecule has 0 saturated heterocycles. The molecule has 0 aliphatic heterocycles. The Kier molecular flexibility index (Phi) is 9.10. The van der Waals surface area contributed by atoms with Gasteiger partial charge in [0.25, 0.3) is 0 Å². The first-order chi connectivity index (χ1) is 17.8. The zero-order valence-corrected chi connectivity index (χ0v) is 22.5. The van der Waals surface area contributed by atoms with Crippen LogP contribution in [-0.4, -0.2) is 75.1 Å². The van der Waals surface area contributed by atoms with E-state index in [4.69, 9.17) is 9.47 Å². The van der Waals surface area contributed by atoms with Crippen LogP contribution in [0.2, 0.25) is 0 Å². The van der Waals surface area contributed by atoms with Crippen molar-refractivity contribution in [3.63, 3.8) is 0 Å². The van der Waals surface area contributed by atoms with Crippen LogP contribution in [0.5, 0.6) is 5.75 Å². The van der Waals surface area contributed by atoms with E-state index in [2.05, 4.69) is 20.7 Å². The zero-order valence-electron chi connectivity index (χ0n) is 22.5. The number of aromatic carboxylic acids is 1. The van der Waals surface area contributed by atoms with Gasteiger partial charge in [0.05, 0.1) is 12.2 Å². The normalized spacial score (nSPS) is 13.1. The van der Waals surface area contributed by atoms with Crippen LogP contribution in [0.4, 0.5) is 15.0 Å². The fourth-order valence-corrected chi connectivity index (χ4v) is 3.61. The standard InChI is InChI=1S/C26H35FN6O5/c1-16(14-28-10-12-32(6)25(36)38-26(3,4)5)37-21-8-7-18(27)13-19(21)17(2)30-22-9-11-33-23(31-22)20(15-29-33)24(34)35/h7-9,11,13,15-17,28H,10,12,14H2,1-6H3,(H,30,31)(H,34,35)/t16-,17+/m0/s1. The molecular formula is C26H35FN6O5. The molecule has 3 N–H and O–H groups in total. The number of carbonyl (C=O) groups is 2. The minimum Gasteiger partial charge on any atom is -0.489 e. The maximum absolute atomic E-state index is 14.2. The lowest BCUT2D eigenvalue weighted by Gasteiger charge is -2.25. The molecule has 206 valence electrons. The van der Waals surface area contributed by atoms with Gasteiger partial charge in [-0.1, -0.05) is 0 Å². The van der Waals surface area contributed by atoms with Crippen molar-refractivity contribution in [3.05, 3.63) is 53.6 Å². The number of anilines is 1. The van der Waals surface area contributed by atoms with Crippen molar-refractivity contribution < 1.29 is 28.6 Å². The van der Waals surface area contributed by atoms with Crippen LogP contribution in [0.15, 0.2) is 36.7 Å². The van der Waals surface area contributed by atoms with Gasteiger partial charge in [-0.2, -0.15) is 5.10 Å². The predicted molar refractivity (Wildman–Crippen MR) is 140 cm³/mol. The van der Waals surface area contributed by atoms with Crippen molar-refractivity contribution in [2.75, 3.05) is 32.0 Å². The molecule has 3 aromatic rings. The van der Waals surface area contributed by atoms with Gasteiger partial charge in [0.15, 0.2) is 5.65 Å². The third-order valence-corrected chi connectivity index (χ3v) is 5.49. The highest BCUT2D eigenvalue weighted by Gasteiger charge is 2.20. The van der Waals surface area contributed by atoms with Gasteiger partial charge >= 0.3 is 12.1 Å². The summed E-state index contributed by atoms with van der Waals surface area (Å²) in [7, 11) is 1.68. The Labute approximate surface area is 220 Å². The van der Waals surface area contributed by atoms with Crippen LogP contribution >= 0.6 is 0 Å². The molecule has 0 bridgehead atoms. The number of benzene rings is 1. The van der Waals surface area contributed by atoms with Gasteiger partial charge in [0, 0.05) is 38.4 Å². The molecule has 0 unspecified atom stereocenters. The number of halogens is 1. The molecule has 0 radical (unpaired) electrons. The van der Waals surface area contributed by atoms with E-state index in [-0.39, 0.29) is 23.4 Å². The van der Waals surface area contributed by atoms with Crippen molar-refractivity contribution in [1.82, 2.24) is 24.8 Å². The third-order valence-electron chi connectivity index (χ3n) is 5.49. The van der Waals surface area contributed by atoms with E-state index >= 15 is 0 Å². The summed E-state index contributed by atoms with van der Waals surface area (Å²) in [6.07, 6.45) is 2.20. The van der Waals surface area contributed by atoms with E-state index in [9.17, 15) is 19.1 Å². The second kappa shape index (κ2) is 12.1. The summed E-state index contributed by atoms with van der Waals surface area (Å²) < 4.78 is 27.0. The minimum absolute atomic E-state index is 0.0188. The van der Waals surface area contributed by atoms with Crippen molar-refractivity contribution in [2.24, 2.45) is 0 Å². The number of carboxylic acid groups (broad SMARTS) is 1. The molecule has 11 nitrogen and oxygen atoms in total. The molecule has 2 atom stereocenters. The first-order valence-corrected chi connectivity index (χ1v) is 12.3. The van der Waals surface area contributed by atoms with Crippen LogP contribution in [0.25, 0.3) is 5.65 Å². The van der Waals surface area contributed by atoms with E-state index in [1.165, 1.54) is 27.7 Å². The SMILES string of the molecule is C[C@@H](CNCCN(C)C(=O)OC(C)(C)C)Oc1ccc(F)cc1[C@@H](C)Nc1ccn2ncc(C(=O)O)c2n1. The van der Waals surface area contributed by atoms with E-state index in [1.54, 1.807) is 25.4 Å². The Balaban J connectivity index is 1.59. The molecule has 2 heterocycles. The zero-order chi connectivity index (χ0) is 28.0. The van der Waals surface area contributed by atoms with Crippen molar-refractivity contribution in [1.29, 1.82) is 0 Å². The number of rotatable bonds is 11. The van der Waals surface area contributed by atoms with Gasteiger partial charge in [0.2, 0.25) is 0 Å². The maximum atomic E-state index is 14.2. The van der Waals surface area contributed by atoms with Gasteiger partial charge < -0.3 is 30.1 Å².